The van der Waals surface area contributed by atoms with Gasteiger partial charge in [0.25, 0.3) is 0 Å². The van der Waals surface area contributed by atoms with Crippen LogP contribution in [-0.4, -0.2) is 51.0 Å². The molecule has 2 N–H and O–H groups in total. The molecule has 2 aromatic carbocycles. The summed E-state index contributed by atoms with van der Waals surface area (Å²) in [5.74, 6) is -0.268. The van der Waals surface area contributed by atoms with Crippen molar-refractivity contribution in [1.29, 1.82) is 0 Å². The van der Waals surface area contributed by atoms with Gasteiger partial charge in [0.1, 0.15) is 11.6 Å². The minimum absolute atomic E-state index is 0.0230. The van der Waals surface area contributed by atoms with Crippen LogP contribution in [-0.2, 0) is 16.0 Å². The number of nitrogens with zero attached hydrogens (tertiary/aromatic N) is 1. The quantitative estimate of drug-likeness (QED) is 0.690. The second-order valence-electron chi connectivity index (χ2n) is 6.64. The van der Waals surface area contributed by atoms with Gasteiger partial charge in [-0.25, -0.2) is 4.39 Å². The first-order chi connectivity index (χ1) is 13.4. The lowest BCUT2D eigenvalue weighted by molar-refractivity contribution is -0.125. The molecule has 2 rings (SSSR count). The number of carbonyl (C=O) groups excluding carboxylic acids is 2. The molecule has 0 fully saturated rings. The molecule has 1 atom stereocenters. The standard InChI is InChI=1S/C21H26FN3O3/c1-25(2)19(16-7-5-9-18(12-16)28-3)13-23-21(27)14-24-20(26)11-15-6-4-8-17(22)10-15/h4-10,12,19H,11,13-14H2,1-3H3,(H,23,27)(H,24,26). The van der Waals surface area contributed by atoms with Gasteiger partial charge in [0.15, 0.2) is 0 Å². The minimum Gasteiger partial charge on any atom is -0.497 e. The third kappa shape index (κ3) is 6.66. The Morgan fingerprint density at radius 3 is 2.50 bits per heavy atom. The van der Waals surface area contributed by atoms with Crippen molar-refractivity contribution in [3.05, 3.63) is 65.5 Å². The molecule has 0 heterocycles. The fourth-order valence-electron chi connectivity index (χ4n) is 2.79. The molecule has 28 heavy (non-hydrogen) atoms. The number of hydrogen-bond acceptors (Lipinski definition) is 4. The number of hydrogen-bond donors (Lipinski definition) is 2. The maximum absolute atomic E-state index is 13.2. The fourth-order valence-corrected chi connectivity index (χ4v) is 2.79. The second kappa shape index (κ2) is 10.4. The smallest absolute Gasteiger partial charge is 0.239 e. The topological polar surface area (TPSA) is 70.7 Å². The second-order valence-corrected chi connectivity index (χ2v) is 6.64. The molecule has 2 aromatic rings. The maximum Gasteiger partial charge on any atom is 0.239 e. The number of likely N-dealkylation sites (N-methyl/N-ethyl adjacent to an activating group) is 1. The summed E-state index contributed by atoms with van der Waals surface area (Å²) in [6.45, 7) is 0.255. The van der Waals surface area contributed by atoms with Crippen molar-refractivity contribution in [3.8, 4) is 5.75 Å². The third-order valence-electron chi connectivity index (χ3n) is 4.29. The predicted molar refractivity (Wildman–Crippen MR) is 106 cm³/mol. The number of amides is 2. The molecule has 0 aliphatic rings. The van der Waals surface area contributed by atoms with E-state index in [-0.39, 0.29) is 30.8 Å². The molecule has 1 unspecified atom stereocenters. The normalized spacial score (nSPS) is 11.8. The zero-order valence-electron chi connectivity index (χ0n) is 16.4. The molecule has 0 radical (unpaired) electrons. The van der Waals surface area contributed by atoms with Crippen molar-refractivity contribution < 1.29 is 18.7 Å². The zero-order valence-corrected chi connectivity index (χ0v) is 16.4. The molecule has 0 aliphatic heterocycles. The summed E-state index contributed by atoms with van der Waals surface area (Å²) in [7, 11) is 5.46. The summed E-state index contributed by atoms with van der Waals surface area (Å²) in [4.78, 5) is 26.0. The first kappa shape index (κ1) is 21.4. The number of methoxy groups -OCH3 is 1. The van der Waals surface area contributed by atoms with Crippen LogP contribution in [0.25, 0.3) is 0 Å². The van der Waals surface area contributed by atoms with Crippen molar-refractivity contribution in [2.24, 2.45) is 0 Å². The first-order valence-electron chi connectivity index (χ1n) is 8.97. The highest BCUT2D eigenvalue weighted by Crippen LogP contribution is 2.22. The van der Waals surface area contributed by atoms with E-state index in [0.29, 0.717) is 12.1 Å². The van der Waals surface area contributed by atoms with Gasteiger partial charge in [-0.3, -0.25) is 9.59 Å². The molecule has 0 aromatic heterocycles. The summed E-state index contributed by atoms with van der Waals surface area (Å²) < 4.78 is 18.4. The lowest BCUT2D eigenvalue weighted by atomic mass is 10.1. The van der Waals surface area contributed by atoms with Crippen LogP contribution < -0.4 is 15.4 Å². The predicted octanol–water partition coefficient (Wildman–Crippen LogP) is 1.91. The van der Waals surface area contributed by atoms with E-state index >= 15 is 0 Å². The Labute approximate surface area is 164 Å². The molecule has 0 spiro atoms. The number of nitrogens with one attached hydrogen (secondary N) is 2. The monoisotopic (exact) mass is 387 g/mol. The van der Waals surface area contributed by atoms with Crippen LogP contribution in [0.5, 0.6) is 5.75 Å². The molecule has 150 valence electrons. The highest BCUT2D eigenvalue weighted by atomic mass is 19.1. The van der Waals surface area contributed by atoms with Crippen LogP contribution in [0.15, 0.2) is 48.5 Å². The van der Waals surface area contributed by atoms with Crippen LogP contribution in [0.2, 0.25) is 0 Å². The van der Waals surface area contributed by atoms with Crippen molar-refractivity contribution in [2.45, 2.75) is 12.5 Å². The highest BCUT2D eigenvalue weighted by molar-refractivity contribution is 5.85. The molecule has 2 amide bonds. The summed E-state index contributed by atoms with van der Waals surface area (Å²) in [5, 5.41) is 5.39. The first-order valence-corrected chi connectivity index (χ1v) is 8.97. The Balaban J connectivity index is 1.83. The Morgan fingerprint density at radius 2 is 1.82 bits per heavy atom. The lowest BCUT2D eigenvalue weighted by Gasteiger charge is -2.25. The van der Waals surface area contributed by atoms with E-state index in [2.05, 4.69) is 10.6 Å². The van der Waals surface area contributed by atoms with Gasteiger partial charge in [-0.05, 0) is 49.5 Å². The van der Waals surface area contributed by atoms with Crippen molar-refractivity contribution >= 4 is 11.8 Å². The Bertz CT molecular complexity index is 811. The summed E-state index contributed by atoms with van der Waals surface area (Å²) in [6.07, 6.45) is 0.0230. The number of ether oxygens (including phenoxy) is 1. The van der Waals surface area contributed by atoms with Gasteiger partial charge < -0.3 is 20.3 Å². The number of rotatable bonds is 9. The van der Waals surface area contributed by atoms with Crippen molar-refractivity contribution in [2.75, 3.05) is 34.3 Å². The molecule has 0 bridgehead atoms. The molecular weight excluding hydrogens is 361 g/mol. The molecule has 0 aliphatic carbocycles. The average Bonchev–Trinajstić information content (AvgIpc) is 2.66. The van der Waals surface area contributed by atoms with E-state index < -0.39 is 5.82 Å². The largest absolute Gasteiger partial charge is 0.497 e. The lowest BCUT2D eigenvalue weighted by Crippen LogP contribution is -2.41. The van der Waals surface area contributed by atoms with E-state index in [1.165, 1.54) is 12.1 Å². The van der Waals surface area contributed by atoms with E-state index in [1.807, 2.05) is 43.3 Å². The molecule has 7 heteroatoms. The van der Waals surface area contributed by atoms with Gasteiger partial charge in [0.2, 0.25) is 11.8 Å². The minimum atomic E-state index is -0.393. The summed E-state index contributed by atoms with van der Waals surface area (Å²) in [5.41, 5.74) is 1.57. The van der Waals surface area contributed by atoms with Gasteiger partial charge in [-0.1, -0.05) is 24.3 Å². The average molecular weight is 387 g/mol. The third-order valence-corrected chi connectivity index (χ3v) is 4.29. The van der Waals surface area contributed by atoms with Crippen LogP contribution in [0, 0.1) is 5.82 Å². The van der Waals surface area contributed by atoms with Crippen LogP contribution >= 0.6 is 0 Å². The zero-order chi connectivity index (χ0) is 20.5. The van der Waals surface area contributed by atoms with Gasteiger partial charge in [-0.15, -0.1) is 0 Å². The van der Waals surface area contributed by atoms with E-state index in [4.69, 9.17) is 4.74 Å². The van der Waals surface area contributed by atoms with Gasteiger partial charge in [0, 0.05) is 6.54 Å². The van der Waals surface area contributed by atoms with Gasteiger partial charge in [-0.2, -0.15) is 0 Å². The summed E-state index contributed by atoms with van der Waals surface area (Å²) in [6, 6.07) is 13.5. The van der Waals surface area contributed by atoms with Crippen molar-refractivity contribution in [1.82, 2.24) is 15.5 Å². The Morgan fingerprint density at radius 1 is 1.07 bits per heavy atom. The number of benzene rings is 2. The number of halogens is 1. The molecule has 0 saturated heterocycles. The SMILES string of the molecule is COc1cccc(C(CNC(=O)CNC(=O)Cc2cccc(F)c2)N(C)C)c1. The Kier molecular flexibility index (Phi) is 7.95. The molecule has 6 nitrogen and oxygen atoms in total. The van der Waals surface area contributed by atoms with Crippen LogP contribution in [0.3, 0.4) is 0 Å². The highest BCUT2D eigenvalue weighted by Gasteiger charge is 2.16. The summed E-state index contributed by atoms with van der Waals surface area (Å²) >= 11 is 0. The number of carbonyl (C=O) groups is 2. The fraction of sp³-hybridized carbons (Fsp3) is 0.333. The van der Waals surface area contributed by atoms with Crippen LogP contribution in [0.1, 0.15) is 17.2 Å². The molecule has 0 saturated carbocycles. The van der Waals surface area contributed by atoms with Crippen molar-refractivity contribution in [3.63, 3.8) is 0 Å². The van der Waals surface area contributed by atoms with E-state index in [1.54, 1.807) is 19.2 Å². The molecular formula is C21H26FN3O3. The maximum atomic E-state index is 13.2. The van der Waals surface area contributed by atoms with Gasteiger partial charge in [0.05, 0.1) is 26.1 Å². The Hall–Kier alpha value is -2.93. The van der Waals surface area contributed by atoms with Gasteiger partial charge >= 0.3 is 0 Å². The van der Waals surface area contributed by atoms with Crippen LogP contribution in [0.4, 0.5) is 4.39 Å². The van der Waals surface area contributed by atoms with E-state index in [9.17, 15) is 14.0 Å². The van der Waals surface area contributed by atoms with E-state index in [0.717, 1.165) is 11.3 Å².